The zero-order valence-electron chi connectivity index (χ0n) is 18.6. The second-order valence-corrected chi connectivity index (χ2v) is 9.34. The van der Waals surface area contributed by atoms with Crippen molar-refractivity contribution in [2.75, 3.05) is 23.3 Å². The number of amides is 2. The summed E-state index contributed by atoms with van der Waals surface area (Å²) in [6.45, 7) is 8.49. The number of hydrogen-bond acceptors (Lipinski definition) is 4. The minimum atomic E-state index is -0.497. The van der Waals surface area contributed by atoms with Gasteiger partial charge < -0.3 is 21.3 Å². The fourth-order valence-corrected chi connectivity index (χ4v) is 4.52. The summed E-state index contributed by atoms with van der Waals surface area (Å²) in [6.07, 6.45) is 1.88. The van der Waals surface area contributed by atoms with Crippen LogP contribution < -0.4 is 21.3 Å². The Balaban J connectivity index is 1.37. The van der Waals surface area contributed by atoms with E-state index in [1.165, 1.54) is 11.1 Å². The summed E-state index contributed by atoms with van der Waals surface area (Å²) in [6, 6.07) is 14.9. The van der Waals surface area contributed by atoms with Gasteiger partial charge >= 0.3 is 0 Å². The molecule has 0 radical (unpaired) electrons. The van der Waals surface area contributed by atoms with Crippen molar-refractivity contribution in [1.29, 1.82) is 0 Å². The number of piperidine rings is 1. The lowest BCUT2D eigenvalue weighted by Gasteiger charge is -2.33. The Morgan fingerprint density at radius 3 is 2.71 bits per heavy atom. The molecule has 2 unspecified atom stereocenters. The molecular formula is C25H32N4O2. The molecule has 31 heavy (non-hydrogen) atoms. The summed E-state index contributed by atoms with van der Waals surface area (Å²) < 4.78 is 0. The Kier molecular flexibility index (Phi) is 5.75. The molecule has 2 aliphatic rings. The first-order chi connectivity index (χ1) is 14.8. The average molecular weight is 421 g/mol. The van der Waals surface area contributed by atoms with Gasteiger partial charge in [0.05, 0.1) is 11.3 Å². The van der Waals surface area contributed by atoms with Gasteiger partial charge in [-0.2, -0.15) is 0 Å². The molecule has 2 amide bonds. The average Bonchev–Trinajstić information content (AvgIpc) is 3.00. The van der Waals surface area contributed by atoms with Crippen LogP contribution in [0.5, 0.6) is 0 Å². The number of nitrogens with two attached hydrogens (primary N) is 1. The smallest absolute Gasteiger partial charge is 0.234 e. The second kappa shape index (κ2) is 8.35. The van der Waals surface area contributed by atoms with E-state index in [0.717, 1.165) is 42.9 Å². The van der Waals surface area contributed by atoms with Gasteiger partial charge in [-0.3, -0.25) is 9.59 Å². The van der Waals surface area contributed by atoms with E-state index < -0.39 is 5.41 Å². The highest BCUT2D eigenvalue weighted by molar-refractivity contribution is 6.05. The normalized spacial score (nSPS) is 20.8. The van der Waals surface area contributed by atoms with E-state index in [-0.39, 0.29) is 23.8 Å². The zero-order chi connectivity index (χ0) is 22.2. The van der Waals surface area contributed by atoms with Gasteiger partial charge in [0, 0.05) is 37.1 Å². The lowest BCUT2D eigenvalue weighted by molar-refractivity contribution is -0.122. The van der Waals surface area contributed by atoms with E-state index in [0.29, 0.717) is 6.54 Å². The number of nitrogens with zero attached hydrogens (tertiary/aromatic N) is 1. The molecule has 2 heterocycles. The highest BCUT2D eigenvalue weighted by Crippen LogP contribution is 2.38. The third-order valence-electron chi connectivity index (χ3n) is 6.77. The number of carbonyl (C=O) groups is 2. The van der Waals surface area contributed by atoms with E-state index in [1.54, 1.807) is 0 Å². The van der Waals surface area contributed by atoms with Crippen LogP contribution >= 0.6 is 0 Å². The third kappa shape index (κ3) is 4.30. The van der Waals surface area contributed by atoms with Crippen LogP contribution in [-0.2, 0) is 21.5 Å². The number of benzene rings is 2. The van der Waals surface area contributed by atoms with Crippen LogP contribution in [-0.4, -0.2) is 24.9 Å². The van der Waals surface area contributed by atoms with Crippen molar-refractivity contribution in [3.05, 3.63) is 59.2 Å². The van der Waals surface area contributed by atoms with Crippen molar-refractivity contribution in [3.63, 3.8) is 0 Å². The van der Waals surface area contributed by atoms with E-state index >= 15 is 0 Å². The molecule has 2 atom stereocenters. The van der Waals surface area contributed by atoms with Gasteiger partial charge in [-0.15, -0.1) is 0 Å². The summed E-state index contributed by atoms with van der Waals surface area (Å²) in [5.74, 6) is -0.204. The number of carbonyl (C=O) groups excluding carboxylic acids is 2. The molecule has 6 nitrogen and oxygen atoms in total. The number of hydrogen-bond donors (Lipinski definition) is 3. The Bertz CT molecular complexity index is 984. The standard InChI is InChI=1S/C25H32N4O2/c1-16(18-8-11-22-21(13-18)25(2,3)24(31)28-22)27-14-17-6-9-20(10-7-17)29-12-4-5-19(15-29)23(26)30/h6-11,13,16,19,27H,4-5,12,14-15H2,1-3H3,(H2,26,30)(H,28,31). The fraction of sp³-hybridized carbons (Fsp3) is 0.440. The minimum absolute atomic E-state index is 0.0520. The molecule has 2 aromatic carbocycles. The molecule has 6 heteroatoms. The lowest BCUT2D eigenvalue weighted by Crippen LogP contribution is -2.41. The first-order valence-corrected chi connectivity index (χ1v) is 11.1. The topological polar surface area (TPSA) is 87.5 Å². The van der Waals surface area contributed by atoms with Crippen molar-refractivity contribution in [2.45, 2.75) is 51.6 Å². The van der Waals surface area contributed by atoms with Gasteiger partial charge in [-0.1, -0.05) is 24.3 Å². The van der Waals surface area contributed by atoms with Gasteiger partial charge in [-0.05, 0) is 68.5 Å². The number of anilines is 2. The van der Waals surface area contributed by atoms with Crippen molar-refractivity contribution in [1.82, 2.24) is 5.32 Å². The summed E-state index contributed by atoms with van der Waals surface area (Å²) >= 11 is 0. The molecule has 4 N–H and O–H groups in total. The molecule has 164 valence electrons. The summed E-state index contributed by atoms with van der Waals surface area (Å²) in [7, 11) is 0. The quantitative estimate of drug-likeness (QED) is 0.668. The fourth-order valence-electron chi connectivity index (χ4n) is 4.52. The number of primary amides is 1. The van der Waals surface area contributed by atoms with Gasteiger partial charge in [-0.25, -0.2) is 0 Å². The number of rotatable bonds is 6. The third-order valence-corrected chi connectivity index (χ3v) is 6.77. The Morgan fingerprint density at radius 2 is 2.00 bits per heavy atom. The van der Waals surface area contributed by atoms with Gasteiger partial charge in [0.1, 0.15) is 0 Å². The predicted octanol–water partition coefficient (Wildman–Crippen LogP) is 3.47. The number of fused-ring (bicyclic) bond motifs is 1. The molecule has 4 rings (SSSR count). The molecule has 2 aromatic rings. The van der Waals surface area contributed by atoms with Gasteiger partial charge in [0.15, 0.2) is 0 Å². The Labute approximate surface area is 184 Å². The van der Waals surface area contributed by atoms with Crippen LogP contribution in [0.4, 0.5) is 11.4 Å². The Morgan fingerprint density at radius 1 is 1.26 bits per heavy atom. The predicted molar refractivity (Wildman–Crippen MR) is 124 cm³/mol. The molecule has 0 aliphatic carbocycles. The van der Waals surface area contributed by atoms with Crippen LogP contribution in [0, 0.1) is 5.92 Å². The Hall–Kier alpha value is -2.86. The van der Waals surface area contributed by atoms with E-state index in [2.05, 4.69) is 58.9 Å². The van der Waals surface area contributed by atoms with Crippen molar-refractivity contribution in [2.24, 2.45) is 11.7 Å². The molecule has 2 aliphatic heterocycles. The molecule has 0 saturated carbocycles. The lowest BCUT2D eigenvalue weighted by atomic mass is 9.85. The molecule has 0 spiro atoms. The van der Waals surface area contributed by atoms with E-state index in [9.17, 15) is 9.59 Å². The first kappa shape index (κ1) is 21.4. The van der Waals surface area contributed by atoms with Crippen molar-refractivity contribution >= 4 is 23.2 Å². The highest BCUT2D eigenvalue weighted by Gasteiger charge is 2.38. The summed E-state index contributed by atoms with van der Waals surface area (Å²) in [4.78, 5) is 26.0. The maximum absolute atomic E-state index is 12.2. The number of nitrogens with one attached hydrogen (secondary N) is 2. The van der Waals surface area contributed by atoms with E-state index in [4.69, 9.17) is 5.73 Å². The molecule has 1 fully saturated rings. The summed E-state index contributed by atoms with van der Waals surface area (Å²) in [5.41, 5.74) is 10.5. The maximum atomic E-state index is 12.2. The maximum Gasteiger partial charge on any atom is 0.234 e. The van der Waals surface area contributed by atoms with Gasteiger partial charge in [0.25, 0.3) is 0 Å². The SMILES string of the molecule is CC(NCc1ccc(N2CCCC(C(N)=O)C2)cc1)c1ccc2c(c1)C(C)(C)C(=O)N2. The highest BCUT2D eigenvalue weighted by atomic mass is 16.2. The monoisotopic (exact) mass is 420 g/mol. The first-order valence-electron chi connectivity index (χ1n) is 11.1. The molecule has 0 bridgehead atoms. The van der Waals surface area contributed by atoms with E-state index in [1.807, 2.05) is 19.9 Å². The minimum Gasteiger partial charge on any atom is -0.371 e. The van der Waals surface area contributed by atoms with Crippen molar-refractivity contribution in [3.8, 4) is 0 Å². The van der Waals surface area contributed by atoms with Crippen molar-refractivity contribution < 1.29 is 9.59 Å². The second-order valence-electron chi connectivity index (χ2n) is 9.34. The van der Waals surface area contributed by atoms with Crippen LogP contribution in [0.15, 0.2) is 42.5 Å². The summed E-state index contributed by atoms with van der Waals surface area (Å²) in [5, 5.41) is 6.55. The van der Waals surface area contributed by atoms with Gasteiger partial charge in [0.2, 0.25) is 11.8 Å². The molecule has 0 aromatic heterocycles. The van der Waals surface area contributed by atoms with Crippen LogP contribution in [0.2, 0.25) is 0 Å². The van der Waals surface area contributed by atoms with Crippen LogP contribution in [0.25, 0.3) is 0 Å². The largest absolute Gasteiger partial charge is 0.371 e. The van der Waals surface area contributed by atoms with Crippen LogP contribution in [0.1, 0.15) is 56.3 Å². The molecular weight excluding hydrogens is 388 g/mol. The molecule has 1 saturated heterocycles. The van der Waals surface area contributed by atoms with Crippen LogP contribution in [0.3, 0.4) is 0 Å². The zero-order valence-corrected chi connectivity index (χ0v) is 18.6.